The number of amides is 2. The van der Waals surface area contributed by atoms with E-state index < -0.39 is 5.60 Å². The summed E-state index contributed by atoms with van der Waals surface area (Å²) in [5.41, 5.74) is 0.459. The van der Waals surface area contributed by atoms with Crippen molar-refractivity contribution in [2.24, 2.45) is 0 Å². The van der Waals surface area contributed by atoms with Crippen molar-refractivity contribution < 1.29 is 14.6 Å². The normalized spacial score (nSPS) is 22.6. The average Bonchev–Trinajstić information content (AvgIpc) is 2.53. The van der Waals surface area contributed by atoms with Gasteiger partial charge >= 0.3 is 6.03 Å². The van der Waals surface area contributed by atoms with Crippen LogP contribution in [-0.2, 0) is 11.3 Å². The van der Waals surface area contributed by atoms with E-state index in [1.165, 1.54) is 0 Å². The lowest BCUT2D eigenvalue weighted by atomic mass is 9.93. The molecule has 1 aromatic carbocycles. The summed E-state index contributed by atoms with van der Waals surface area (Å²) in [7, 11) is 1.58. The maximum absolute atomic E-state index is 12.2. The van der Waals surface area contributed by atoms with E-state index in [0.29, 0.717) is 19.6 Å². The molecule has 0 aliphatic carbocycles. The Morgan fingerprint density at radius 2 is 2.20 bits per heavy atom. The van der Waals surface area contributed by atoms with Crippen molar-refractivity contribution in [3.63, 3.8) is 0 Å². The lowest BCUT2D eigenvalue weighted by Crippen LogP contribution is -2.55. The van der Waals surface area contributed by atoms with Crippen molar-refractivity contribution in [3.8, 4) is 0 Å². The van der Waals surface area contributed by atoms with Crippen LogP contribution < -0.4 is 5.32 Å². The highest BCUT2D eigenvalue weighted by atomic mass is 16.5. The van der Waals surface area contributed by atoms with Gasteiger partial charge in [-0.3, -0.25) is 0 Å². The Morgan fingerprint density at radius 3 is 2.85 bits per heavy atom. The summed E-state index contributed by atoms with van der Waals surface area (Å²) in [6.45, 7) is 1.58. The smallest absolute Gasteiger partial charge is 0.317 e. The number of ether oxygens (including phenoxy) is 1. The summed E-state index contributed by atoms with van der Waals surface area (Å²) in [4.78, 5) is 13.9. The lowest BCUT2D eigenvalue weighted by molar-refractivity contribution is -0.0866. The monoisotopic (exact) mass is 278 g/mol. The quantitative estimate of drug-likeness (QED) is 0.874. The molecule has 1 aliphatic heterocycles. The molecule has 2 rings (SSSR count). The van der Waals surface area contributed by atoms with Gasteiger partial charge in [0, 0.05) is 20.2 Å². The standard InChI is InChI=1S/C15H22N2O3/c1-20-15(12-18)8-5-9-17(11-15)14(19)16-10-13-6-3-2-4-7-13/h2-4,6-7,18H,5,8-12H2,1H3,(H,16,19). The van der Waals surface area contributed by atoms with Gasteiger partial charge in [-0.25, -0.2) is 4.79 Å². The predicted molar refractivity (Wildman–Crippen MR) is 76.3 cm³/mol. The number of benzene rings is 1. The second kappa shape index (κ2) is 6.72. The molecule has 0 saturated carbocycles. The molecule has 0 radical (unpaired) electrons. The Hall–Kier alpha value is -1.59. The molecule has 1 fully saturated rings. The first-order valence-electron chi connectivity index (χ1n) is 6.92. The number of hydrogen-bond acceptors (Lipinski definition) is 3. The number of nitrogens with one attached hydrogen (secondary N) is 1. The van der Waals surface area contributed by atoms with Crippen molar-refractivity contribution in [2.75, 3.05) is 26.8 Å². The fourth-order valence-corrected chi connectivity index (χ4v) is 2.52. The van der Waals surface area contributed by atoms with Gasteiger partial charge in [0.15, 0.2) is 0 Å². The number of urea groups is 1. The summed E-state index contributed by atoms with van der Waals surface area (Å²) in [5.74, 6) is 0. The third-order valence-electron chi connectivity index (χ3n) is 3.83. The van der Waals surface area contributed by atoms with Gasteiger partial charge in [-0.15, -0.1) is 0 Å². The fourth-order valence-electron chi connectivity index (χ4n) is 2.52. The van der Waals surface area contributed by atoms with E-state index in [-0.39, 0.29) is 12.6 Å². The number of nitrogens with zero attached hydrogens (tertiary/aromatic N) is 1. The molecule has 1 unspecified atom stereocenters. The number of aliphatic hydroxyl groups excluding tert-OH is 1. The number of hydrogen-bond donors (Lipinski definition) is 2. The third kappa shape index (κ3) is 3.49. The summed E-state index contributed by atoms with van der Waals surface area (Å²) >= 11 is 0. The first-order valence-corrected chi connectivity index (χ1v) is 6.92. The van der Waals surface area contributed by atoms with Crippen LogP contribution in [0.4, 0.5) is 4.79 Å². The minimum Gasteiger partial charge on any atom is -0.393 e. The number of methoxy groups -OCH3 is 1. The Kier molecular flexibility index (Phi) is 4.98. The van der Waals surface area contributed by atoms with Crippen molar-refractivity contribution in [1.29, 1.82) is 0 Å². The van der Waals surface area contributed by atoms with E-state index in [1.807, 2.05) is 30.3 Å². The number of rotatable bonds is 4. The Bertz CT molecular complexity index is 432. The topological polar surface area (TPSA) is 61.8 Å². The van der Waals surface area contributed by atoms with E-state index in [2.05, 4.69) is 5.32 Å². The van der Waals surface area contributed by atoms with Crippen LogP contribution in [0.25, 0.3) is 0 Å². The SMILES string of the molecule is COC1(CO)CCCN(C(=O)NCc2ccccc2)C1. The molecular weight excluding hydrogens is 256 g/mol. The summed E-state index contributed by atoms with van der Waals surface area (Å²) in [5, 5.41) is 12.4. The minimum atomic E-state index is -0.609. The van der Waals surface area contributed by atoms with Crippen LogP contribution in [0.1, 0.15) is 18.4 Å². The van der Waals surface area contributed by atoms with Crippen LogP contribution in [0.5, 0.6) is 0 Å². The number of piperidine rings is 1. The summed E-state index contributed by atoms with van der Waals surface area (Å²) in [6.07, 6.45) is 1.62. The van der Waals surface area contributed by atoms with Gasteiger partial charge in [0.1, 0.15) is 5.60 Å². The largest absolute Gasteiger partial charge is 0.393 e. The maximum atomic E-state index is 12.2. The molecular formula is C15H22N2O3. The van der Waals surface area contributed by atoms with E-state index in [4.69, 9.17) is 4.74 Å². The number of likely N-dealkylation sites (tertiary alicyclic amines) is 1. The van der Waals surface area contributed by atoms with Gasteiger partial charge in [-0.2, -0.15) is 0 Å². The second-order valence-electron chi connectivity index (χ2n) is 5.21. The number of carbonyl (C=O) groups excluding carboxylic acids is 1. The molecule has 1 aliphatic rings. The first-order chi connectivity index (χ1) is 9.69. The van der Waals surface area contributed by atoms with Gasteiger partial charge in [0.2, 0.25) is 0 Å². The van der Waals surface area contributed by atoms with Crippen molar-refractivity contribution in [2.45, 2.75) is 25.0 Å². The zero-order valence-corrected chi connectivity index (χ0v) is 11.8. The number of aliphatic hydroxyl groups is 1. The molecule has 1 atom stereocenters. The molecule has 1 aromatic rings. The highest BCUT2D eigenvalue weighted by Crippen LogP contribution is 2.24. The van der Waals surface area contributed by atoms with Crippen LogP contribution in [0.3, 0.4) is 0 Å². The molecule has 5 nitrogen and oxygen atoms in total. The van der Waals surface area contributed by atoms with Crippen LogP contribution in [-0.4, -0.2) is 48.4 Å². The molecule has 110 valence electrons. The zero-order chi connectivity index (χ0) is 14.4. The van der Waals surface area contributed by atoms with Crippen LogP contribution in [0.15, 0.2) is 30.3 Å². The predicted octanol–water partition coefficient (Wildman–Crippen LogP) is 1.37. The van der Waals surface area contributed by atoms with E-state index in [0.717, 1.165) is 18.4 Å². The zero-order valence-electron chi connectivity index (χ0n) is 11.8. The van der Waals surface area contributed by atoms with Gasteiger partial charge in [0.05, 0.1) is 13.2 Å². The van der Waals surface area contributed by atoms with Crippen LogP contribution in [0.2, 0.25) is 0 Å². The molecule has 2 N–H and O–H groups in total. The minimum absolute atomic E-state index is 0.0635. The van der Waals surface area contributed by atoms with Gasteiger partial charge in [-0.1, -0.05) is 30.3 Å². The second-order valence-corrected chi connectivity index (χ2v) is 5.21. The third-order valence-corrected chi connectivity index (χ3v) is 3.83. The molecule has 1 saturated heterocycles. The molecule has 20 heavy (non-hydrogen) atoms. The Balaban J connectivity index is 1.89. The van der Waals surface area contributed by atoms with Crippen LogP contribution in [0, 0.1) is 0 Å². The van der Waals surface area contributed by atoms with E-state index >= 15 is 0 Å². The van der Waals surface area contributed by atoms with Crippen molar-refractivity contribution >= 4 is 6.03 Å². The average molecular weight is 278 g/mol. The molecule has 2 amide bonds. The van der Waals surface area contributed by atoms with Gasteiger partial charge < -0.3 is 20.1 Å². The molecule has 0 bridgehead atoms. The summed E-state index contributed by atoms with van der Waals surface area (Å²) < 4.78 is 5.40. The van der Waals surface area contributed by atoms with E-state index in [1.54, 1.807) is 12.0 Å². The van der Waals surface area contributed by atoms with E-state index in [9.17, 15) is 9.90 Å². The summed E-state index contributed by atoms with van der Waals surface area (Å²) in [6, 6.07) is 9.69. The highest BCUT2D eigenvalue weighted by Gasteiger charge is 2.36. The fraction of sp³-hybridized carbons (Fsp3) is 0.533. The highest BCUT2D eigenvalue weighted by molar-refractivity contribution is 5.74. The molecule has 5 heteroatoms. The number of carbonyl (C=O) groups is 1. The van der Waals surface area contributed by atoms with Crippen molar-refractivity contribution in [1.82, 2.24) is 10.2 Å². The van der Waals surface area contributed by atoms with Gasteiger partial charge in [0.25, 0.3) is 0 Å². The Morgan fingerprint density at radius 1 is 1.45 bits per heavy atom. The maximum Gasteiger partial charge on any atom is 0.317 e. The molecule has 0 aromatic heterocycles. The molecule has 1 heterocycles. The van der Waals surface area contributed by atoms with Gasteiger partial charge in [-0.05, 0) is 18.4 Å². The Labute approximate surface area is 119 Å². The molecule has 0 spiro atoms. The van der Waals surface area contributed by atoms with Crippen molar-refractivity contribution in [3.05, 3.63) is 35.9 Å². The lowest BCUT2D eigenvalue weighted by Gasteiger charge is -2.40. The first kappa shape index (κ1) is 14.8. The van der Waals surface area contributed by atoms with Crippen LogP contribution >= 0.6 is 0 Å².